The zero-order valence-electron chi connectivity index (χ0n) is 19.4. The third-order valence-corrected chi connectivity index (χ3v) is 5.73. The van der Waals surface area contributed by atoms with Crippen LogP contribution >= 0.6 is 0 Å². The lowest BCUT2D eigenvalue weighted by molar-refractivity contribution is -0.126. The molecule has 1 aromatic heterocycles. The van der Waals surface area contributed by atoms with Crippen molar-refractivity contribution in [3.05, 3.63) is 35.9 Å². The smallest absolute Gasteiger partial charge is 0.223 e. The number of amides is 1. The van der Waals surface area contributed by atoms with Crippen LogP contribution in [0.15, 0.2) is 35.3 Å². The molecule has 1 amide bonds. The second kappa shape index (κ2) is 10.5. The molecule has 2 aromatic rings. The maximum Gasteiger partial charge on any atom is 0.223 e. The summed E-state index contributed by atoms with van der Waals surface area (Å²) < 4.78 is 0. The van der Waals surface area contributed by atoms with Crippen molar-refractivity contribution in [1.82, 2.24) is 20.9 Å². The summed E-state index contributed by atoms with van der Waals surface area (Å²) in [6.45, 7) is 4.66. The first kappa shape index (κ1) is 22.8. The first-order valence-electron chi connectivity index (χ1n) is 11.2. The molecule has 0 radical (unpaired) electrons. The fourth-order valence-electron chi connectivity index (χ4n) is 4.14. The predicted molar refractivity (Wildman–Crippen MR) is 128 cm³/mol. The highest BCUT2D eigenvalue weighted by molar-refractivity contribution is 5.85. The molecule has 0 bridgehead atoms. The first-order valence-corrected chi connectivity index (χ1v) is 11.2. The summed E-state index contributed by atoms with van der Waals surface area (Å²) in [5.74, 6) is 1.94. The fourth-order valence-corrected chi connectivity index (χ4v) is 4.14. The second-order valence-corrected chi connectivity index (χ2v) is 8.85. The van der Waals surface area contributed by atoms with E-state index in [2.05, 4.69) is 33.1 Å². The van der Waals surface area contributed by atoms with E-state index >= 15 is 0 Å². The number of carbonyl (C=O) groups is 1. The van der Waals surface area contributed by atoms with Gasteiger partial charge >= 0.3 is 0 Å². The van der Waals surface area contributed by atoms with Gasteiger partial charge in [0.05, 0.1) is 5.52 Å². The number of anilines is 1. The first-order chi connectivity index (χ1) is 14.9. The molecular formula is C24H36N6O. The van der Waals surface area contributed by atoms with E-state index in [9.17, 15) is 4.79 Å². The Kier molecular flexibility index (Phi) is 7.71. The zero-order chi connectivity index (χ0) is 22.4. The van der Waals surface area contributed by atoms with Gasteiger partial charge in [-0.3, -0.25) is 9.79 Å². The predicted octanol–water partition coefficient (Wildman–Crippen LogP) is 3.05. The minimum Gasteiger partial charge on any atom is -0.363 e. The molecule has 3 N–H and O–H groups in total. The number of benzene rings is 1. The van der Waals surface area contributed by atoms with E-state index < -0.39 is 0 Å². The van der Waals surface area contributed by atoms with Crippen molar-refractivity contribution < 1.29 is 4.79 Å². The van der Waals surface area contributed by atoms with Crippen LogP contribution in [0.4, 0.5) is 5.82 Å². The average molecular weight is 425 g/mol. The molecule has 1 aromatic carbocycles. The highest BCUT2D eigenvalue weighted by Gasteiger charge is 2.28. The van der Waals surface area contributed by atoms with Crippen molar-refractivity contribution in [1.29, 1.82) is 0 Å². The number of aliphatic imine (C=N–C) groups is 1. The van der Waals surface area contributed by atoms with Crippen LogP contribution in [-0.4, -0.2) is 50.1 Å². The van der Waals surface area contributed by atoms with Crippen molar-refractivity contribution in [2.24, 2.45) is 10.9 Å². The number of hydrogen-bond donors (Lipinski definition) is 3. The third-order valence-electron chi connectivity index (χ3n) is 5.73. The fraction of sp³-hybridized carbons (Fsp3) is 0.542. The number of para-hydroxylation sites is 1. The number of guanidine groups is 1. The molecule has 7 nitrogen and oxygen atoms in total. The van der Waals surface area contributed by atoms with E-state index in [1.807, 2.05) is 51.0 Å². The summed E-state index contributed by atoms with van der Waals surface area (Å²) in [6, 6.07) is 10.8. The number of hydrogen-bond acceptors (Lipinski definition) is 4. The molecule has 0 aliphatic heterocycles. The molecule has 2 atom stereocenters. The number of nitrogens with one attached hydrogen (secondary N) is 3. The van der Waals surface area contributed by atoms with Gasteiger partial charge in [-0.05, 0) is 50.8 Å². The molecule has 0 spiro atoms. The molecule has 7 heteroatoms. The van der Waals surface area contributed by atoms with E-state index in [4.69, 9.17) is 4.98 Å². The molecular weight excluding hydrogens is 388 g/mol. The number of carbonyl (C=O) groups excluding carboxylic acids is 1. The Bertz CT molecular complexity index is 923. The van der Waals surface area contributed by atoms with Gasteiger partial charge in [0, 0.05) is 51.1 Å². The second-order valence-electron chi connectivity index (χ2n) is 8.85. The van der Waals surface area contributed by atoms with Crippen molar-refractivity contribution in [2.45, 2.75) is 58.2 Å². The van der Waals surface area contributed by atoms with E-state index in [0.717, 1.165) is 48.4 Å². The summed E-state index contributed by atoms with van der Waals surface area (Å²) in [7, 11) is 5.80. The van der Waals surface area contributed by atoms with Crippen LogP contribution in [-0.2, 0) is 11.3 Å². The maximum absolute atomic E-state index is 12.4. The van der Waals surface area contributed by atoms with Gasteiger partial charge in [-0.2, -0.15) is 0 Å². The van der Waals surface area contributed by atoms with Crippen LogP contribution in [0.2, 0.25) is 0 Å². The number of fused-ring (bicyclic) bond motifs is 1. The molecule has 1 aliphatic carbocycles. The van der Waals surface area contributed by atoms with Gasteiger partial charge in [0.2, 0.25) is 5.91 Å². The van der Waals surface area contributed by atoms with Crippen molar-refractivity contribution in [2.75, 3.05) is 26.0 Å². The molecule has 2 unspecified atom stereocenters. The lowest BCUT2D eigenvalue weighted by atomic mass is 9.85. The monoisotopic (exact) mass is 424 g/mol. The lowest BCUT2D eigenvalue weighted by Crippen LogP contribution is -2.47. The topological polar surface area (TPSA) is 81.7 Å². The van der Waals surface area contributed by atoms with Gasteiger partial charge in [0.25, 0.3) is 0 Å². The quantitative estimate of drug-likeness (QED) is 0.491. The van der Waals surface area contributed by atoms with Crippen LogP contribution < -0.4 is 20.9 Å². The number of rotatable bonds is 6. The molecule has 3 rings (SSSR count). The Labute approximate surface area is 185 Å². The SMILES string of the molecule is CN=C(NCc1cc(N(C)C)nc2ccccc12)NC1CCCC(C(=O)NC(C)C)C1. The average Bonchev–Trinajstić information content (AvgIpc) is 2.75. The van der Waals surface area contributed by atoms with E-state index in [0.29, 0.717) is 6.54 Å². The highest BCUT2D eigenvalue weighted by Crippen LogP contribution is 2.25. The van der Waals surface area contributed by atoms with Crippen LogP contribution in [0.1, 0.15) is 45.1 Å². The summed E-state index contributed by atoms with van der Waals surface area (Å²) in [4.78, 5) is 23.6. The summed E-state index contributed by atoms with van der Waals surface area (Å²) in [5, 5.41) is 11.2. The Morgan fingerprint density at radius 1 is 1.26 bits per heavy atom. The van der Waals surface area contributed by atoms with Gasteiger partial charge in [0.1, 0.15) is 5.82 Å². The summed E-state index contributed by atoms with van der Waals surface area (Å²) >= 11 is 0. The van der Waals surface area contributed by atoms with Gasteiger partial charge in [-0.1, -0.05) is 24.6 Å². The number of aromatic nitrogens is 1. The van der Waals surface area contributed by atoms with Crippen molar-refractivity contribution >= 4 is 28.6 Å². The van der Waals surface area contributed by atoms with Gasteiger partial charge in [0.15, 0.2) is 5.96 Å². The minimum absolute atomic E-state index is 0.0681. The normalized spacial score (nSPS) is 19.4. The third kappa shape index (κ3) is 6.09. The largest absolute Gasteiger partial charge is 0.363 e. The van der Waals surface area contributed by atoms with E-state index in [-0.39, 0.29) is 23.9 Å². The molecule has 1 heterocycles. The summed E-state index contributed by atoms with van der Waals surface area (Å²) in [6.07, 6.45) is 3.89. The molecule has 0 saturated heterocycles. The Balaban J connectivity index is 1.65. The zero-order valence-corrected chi connectivity index (χ0v) is 19.4. The molecule has 1 saturated carbocycles. The lowest BCUT2D eigenvalue weighted by Gasteiger charge is -2.30. The van der Waals surface area contributed by atoms with Crippen LogP contribution in [0.5, 0.6) is 0 Å². The standard InChI is InChI=1S/C24H36N6O/c1-16(2)27-23(31)17-9-8-10-19(13-17)28-24(25-3)26-15-18-14-22(30(4)5)29-21-12-7-6-11-20(18)21/h6-7,11-12,14,16-17,19H,8-10,13,15H2,1-5H3,(H,27,31)(H2,25,26,28). The summed E-state index contributed by atoms with van der Waals surface area (Å²) in [5.41, 5.74) is 2.16. The van der Waals surface area contributed by atoms with Gasteiger partial charge in [-0.15, -0.1) is 0 Å². The van der Waals surface area contributed by atoms with Gasteiger partial charge < -0.3 is 20.9 Å². The Hall–Kier alpha value is -2.83. The number of pyridine rings is 1. The van der Waals surface area contributed by atoms with Crippen LogP contribution in [0, 0.1) is 5.92 Å². The van der Waals surface area contributed by atoms with E-state index in [1.165, 1.54) is 5.56 Å². The van der Waals surface area contributed by atoms with E-state index in [1.54, 1.807) is 7.05 Å². The Morgan fingerprint density at radius 2 is 2.03 bits per heavy atom. The number of nitrogens with zero attached hydrogens (tertiary/aromatic N) is 3. The molecule has 168 valence electrons. The van der Waals surface area contributed by atoms with Crippen LogP contribution in [0.25, 0.3) is 10.9 Å². The minimum atomic E-state index is 0.0681. The van der Waals surface area contributed by atoms with Crippen LogP contribution in [0.3, 0.4) is 0 Å². The molecule has 1 aliphatic rings. The van der Waals surface area contributed by atoms with Gasteiger partial charge in [-0.25, -0.2) is 4.98 Å². The molecule has 1 fully saturated rings. The van der Waals surface area contributed by atoms with Crippen molar-refractivity contribution in [3.8, 4) is 0 Å². The highest BCUT2D eigenvalue weighted by atomic mass is 16.1. The molecule has 31 heavy (non-hydrogen) atoms. The maximum atomic E-state index is 12.4. The van der Waals surface area contributed by atoms with Crippen molar-refractivity contribution in [3.63, 3.8) is 0 Å². The Morgan fingerprint density at radius 3 is 2.74 bits per heavy atom.